The molecule has 0 aliphatic carbocycles. The zero-order chi connectivity index (χ0) is 12.3. The third kappa shape index (κ3) is 3.08. The summed E-state index contributed by atoms with van der Waals surface area (Å²) < 4.78 is 0. The van der Waals surface area contributed by atoms with Crippen LogP contribution in [0.2, 0.25) is 0 Å². The molecule has 0 aromatic carbocycles. The summed E-state index contributed by atoms with van der Waals surface area (Å²) in [5, 5.41) is 0. The van der Waals surface area contributed by atoms with Crippen molar-refractivity contribution in [1.29, 1.82) is 0 Å². The maximum Gasteiger partial charge on any atom is 0.225 e. The van der Waals surface area contributed by atoms with Gasteiger partial charge in [-0.2, -0.15) is 0 Å². The van der Waals surface area contributed by atoms with Gasteiger partial charge in [0, 0.05) is 30.4 Å². The van der Waals surface area contributed by atoms with E-state index in [0.29, 0.717) is 11.8 Å². The van der Waals surface area contributed by atoms with Gasteiger partial charge in [0.25, 0.3) is 0 Å². The fraction of sp³-hybridized carbons (Fsp3) is 0.667. The van der Waals surface area contributed by atoms with E-state index < -0.39 is 0 Å². The van der Waals surface area contributed by atoms with Gasteiger partial charge >= 0.3 is 0 Å². The van der Waals surface area contributed by atoms with Gasteiger partial charge in [0.05, 0.1) is 0 Å². The van der Waals surface area contributed by atoms with Crippen molar-refractivity contribution in [2.45, 2.75) is 39.7 Å². The monoisotopic (exact) mass is 241 g/mol. The van der Waals surface area contributed by atoms with Gasteiger partial charge in [-0.05, 0) is 25.8 Å². The van der Waals surface area contributed by atoms with E-state index in [1.807, 2.05) is 24.9 Å². The second kappa shape index (κ2) is 5.48. The molecule has 1 heterocycles. The SMILES string of the molecule is Cc1cc(C(C)C)nc(N(C)C(C)CCl)n1. The Morgan fingerprint density at radius 1 is 1.31 bits per heavy atom. The van der Waals surface area contributed by atoms with Crippen molar-refractivity contribution in [3.05, 3.63) is 17.5 Å². The molecule has 1 aromatic rings. The summed E-state index contributed by atoms with van der Waals surface area (Å²) >= 11 is 5.84. The lowest BCUT2D eigenvalue weighted by atomic mass is 10.1. The highest BCUT2D eigenvalue weighted by molar-refractivity contribution is 6.18. The van der Waals surface area contributed by atoms with Gasteiger partial charge in [0.2, 0.25) is 5.95 Å². The minimum Gasteiger partial charge on any atom is -0.340 e. The first kappa shape index (κ1) is 13.2. The highest BCUT2D eigenvalue weighted by Crippen LogP contribution is 2.17. The fourth-order valence-corrected chi connectivity index (χ4v) is 1.54. The molecule has 0 N–H and O–H groups in total. The molecule has 0 spiro atoms. The van der Waals surface area contributed by atoms with Crippen LogP contribution >= 0.6 is 11.6 Å². The Bertz CT molecular complexity index is 352. The second-order valence-corrected chi connectivity index (χ2v) is 4.81. The van der Waals surface area contributed by atoms with Crippen LogP contribution in [0.15, 0.2) is 6.07 Å². The Morgan fingerprint density at radius 2 is 1.94 bits per heavy atom. The van der Waals surface area contributed by atoms with Crippen molar-refractivity contribution < 1.29 is 0 Å². The molecule has 1 unspecified atom stereocenters. The molecule has 0 aliphatic rings. The molecule has 3 nitrogen and oxygen atoms in total. The van der Waals surface area contributed by atoms with Crippen LogP contribution in [0.3, 0.4) is 0 Å². The van der Waals surface area contributed by atoms with Crippen LogP contribution in [-0.2, 0) is 0 Å². The van der Waals surface area contributed by atoms with E-state index in [1.165, 1.54) is 0 Å². The van der Waals surface area contributed by atoms with Crippen LogP contribution in [0.25, 0.3) is 0 Å². The van der Waals surface area contributed by atoms with Crippen molar-refractivity contribution >= 4 is 17.5 Å². The summed E-state index contributed by atoms with van der Waals surface area (Å²) in [5.41, 5.74) is 2.08. The molecule has 0 radical (unpaired) electrons. The predicted molar refractivity (Wildman–Crippen MR) is 69.4 cm³/mol. The quantitative estimate of drug-likeness (QED) is 0.759. The maximum atomic E-state index is 5.84. The van der Waals surface area contributed by atoms with E-state index in [2.05, 4.69) is 30.7 Å². The Labute approximate surface area is 103 Å². The summed E-state index contributed by atoms with van der Waals surface area (Å²) in [7, 11) is 1.98. The number of nitrogens with zero attached hydrogens (tertiary/aromatic N) is 3. The van der Waals surface area contributed by atoms with Crippen LogP contribution in [0.5, 0.6) is 0 Å². The number of hydrogen-bond acceptors (Lipinski definition) is 3. The number of aryl methyl sites for hydroxylation is 1. The lowest BCUT2D eigenvalue weighted by Gasteiger charge is -2.24. The number of anilines is 1. The highest BCUT2D eigenvalue weighted by Gasteiger charge is 2.13. The Kier molecular flexibility index (Phi) is 4.54. The van der Waals surface area contributed by atoms with Gasteiger partial charge in [-0.15, -0.1) is 11.6 Å². The van der Waals surface area contributed by atoms with Crippen molar-refractivity contribution in [1.82, 2.24) is 9.97 Å². The zero-order valence-corrected chi connectivity index (χ0v) is 11.4. The zero-order valence-electron chi connectivity index (χ0n) is 10.7. The van der Waals surface area contributed by atoms with E-state index in [-0.39, 0.29) is 6.04 Å². The lowest BCUT2D eigenvalue weighted by Crippen LogP contribution is -2.32. The van der Waals surface area contributed by atoms with Crippen molar-refractivity contribution in [3.8, 4) is 0 Å². The molecular weight excluding hydrogens is 222 g/mol. The van der Waals surface area contributed by atoms with Crippen LogP contribution < -0.4 is 4.90 Å². The van der Waals surface area contributed by atoms with E-state index in [0.717, 1.165) is 17.3 Å². The molecule has 0 aliphatic heterocycles. The van der Waals surface area contributed by atoms with Gasteiger partial charge in [0.1, 0.15) is 0 Å². The Balaban J connectivity index is 3.04. The summed E-state index contributed by atoms with van der Waals surface area (Å²) in [6, 6.07) is 2.27. The second-order valence-electron chi connectivity index (χ2n) is 4.50. The Hall–Kier alpha value is -0.830. The van der Waals surface area contributed by atoms with E-state index in [1.54, 1.807) is 0 Å². The normalized spacial score (nSPS) is 12.9. The summed E-state index contributed by atoms with van der Waals surface area (Å²) in [6.45, 7) is 8.33. The molecule has 0 amide bonds. The number of hydrogen-bond donors (Lipinski definition) is 0. The molecule has 0 bridgehead atoms. The van der Waals surface area contributed by atoms with Gasteiger partial charge in [-0.25, -0.2) is 9.97 Å². The molecule has 0 fully saturated rings. The molecule has 90 valence electrons. The van der Waals surface area contributed by atoms with Crippen molar-refractivity contribution in [2.24, 2.45) is 0 Å². The number of rotatable bonds is 4. The molecule has 0 saturated carbocycles. The minimum atomic E-state index is 0.239. The fourth-order valence-electron chi connectivity index (χ4n) is 1.33. The van der Waals surface area contributed by atoms with Gasteiger partial charge in [0.15, 0.2) is 0 Å². The third-order valence-corrected chi connectivity index (χ3v) is 3.10. The smallest absolute Gasteiger partial charge is 0.225 e. The molecule has 0 saturated heterocycles. The van der Waals surface area contributed by atoms with Crippen LogP contribution in [0.1, 0.15) is 38.1 Å². The Morgan fingerprint density at radius 3 is 2.44 bits per heavy atom. The average Bonchev–Trinajstić information content (AvgIpc) is 2.26. The summed E-state index contributed by atoms with van der Waals surface area (Å²) in [4.78, 5) is 11.0. The summed E-state index contributed by atoms with van der Waals surface area (Å²) in [5.74, 6) is 1.75. The van der Waals surface area contributed by atoms with Crippen LogP contribution in [-0.4, -0.2) is 28.9 Å². The first-order valence-electron chi connectivity index (χ1n) is 5.60. The van der Waals surface area contributed by atoms with Gasteiger partial charge in [-0.3, -0.25) is 0 Å². The highest BCUT2D eigenvalue weighted by atomic mass is 35.5. The van der Waals surface area contributed by atoms with E-state index in [9.17, 15) is 0 Å². The largest absolute Gasteiger partial charge is 0.340 e. The molecule has 4 heteroatoms. The maximum absolute atomic E-state index is 5.84. The molecule has 1 aromatic heterocycles. The average molecular weight is 242 g/mol. The number of aromatic nitrogens is 2. The lowest BCUT2D eigenvalue weighted by molar-refractivity contribution is 0.717. The topological polar surface area (TPSA) is 29.0 Å². The number of alkyl halides is 1. The first-order chi connectivity index (χ1) is 7.45. The predicted octanol–water partition coefficient (Wildman–Crippen LogP) is 2.97. The summed E-state index contributed by atoms with van der Waals surface area (Å²) in [6.07, 6.45) is 0. The van der Waals surface area contributed by atoms with Crippen LogP contribution in [0, 0.1) is 6.92 Å². The number of halogens is 1. The minimum absolute atomic E-state index is 0.239. The van der Waals surface area contributed by atoms with Crippen molar-refractivity contribution in [2.75, 3.05) is 17.8 Å². The molecule has 16 heavy (non-hydrogen) atoms. The molecule has 1 atom stereocenters. The third-order valence-electron chi connectivity index (χ3n) is 2.65. The van der Waals surface area contributed by atoms with Crippen LogP contribution in [0.4, 0.5) is 5.95 Å². The van der Waals surface area contributed by atoms with Crippen molar-refractivity contribution in [3.63, 3.8) is 0 Å². The molecule has 1 rings (SSSR count). The molecular formula is C12H20ClN3. The van der Waals surface area contributed by atoms with E-state index in [4.69, 9.17) is 11.6 Å². The van der Waals surface area contributed by atoms with Gasteiger partial charge < -0.3 is 4.90 Å². The van der Waals surface area contributed by atoms with Gasteiger partial charge in [-0.1, -0.05) is 13.8 Å². The first-order valence-corrected chi connectivity index (χ1v) is 6.13. The van der Waals surface area contributed by atoms with E-state index >= 15 is 0 Å². The standard InChI is InChI=1S/C12H20ClN3/c1-8(2)11-6-9(3)14-12(15-11)16(5)10(4)7-13/h6,8,10H,7H2,1-5H3.